The van der Waals surface area contributed by atoms with Crippen molar-refractivity contribution in [2.24, 2.45) is 0 Å². The van der Waals surface area contributed by atoms with Crippen LogP contribution in [-0.4, -0.2) is 13.7 Å². The van der Waals surface area contributed by atoms with E-state index < -0.39 is 0 Å². The summed E-state index contributed by atoms with van der Waals surface area (Å²) >= 11 is 0. The third-order valence-electron chi connectivity index (χ3n) is 2.41. The molecule has 0 radical (unpaired) electrons. The summed E-state index contributed by atoms with van der Waals surface area (Å²) in [6, 6.07) is 5.43. The molecule has 1 saturated heterocycles. The van der Waals surface area contributed by atoms with Crippen molar-refractivity contribution < 1.29 is 9.13 Å². The largest absolute Gasteiger partial charge is 0.494 e. The van der Waals surface area contributed by atoms with E-state index in [1.54, 1.807) is 12.1 Å². The first-order valence-electron chi connectivity index (χ1n) is 4.38. The van der Waals surface area contributed by atoms with Crippen molar-refractivity contribution in [1.29, 1.82) is 0 Å². The van der Waals surface area contributed by atoms with E-state index in [4.69, 9.17) is 4.74 Å². The molecule has 70 valence electrons. The van der Waals surface area contributed by atoms with Gasteiger partial charge >= 0.3 is 0 Å². The summed E-state index contributed by atoms with van der Waals surface area (Å²) in [5.41, 5.74) is 0.714. The van der Waals surface area contributed by atoms with Crippen LogP contribution in [0.15, 0.2) is 18.2 Å². The van der Waals surface area contributed by atoms with E-state index in [0.29, 0.717) is 11.3 Å². The lowest BCUT2D eigenvalue weighted by molar-refractivity contribution is 0.350. The van der Waals surface area contributed by atoms with Gasteiger partial charge in [-0.2, -0.15) is 0 Å². The first kappa shape index (κ1) is 8.51. The van der Waals surface area contributed by atoms with Crippen molar-refractivity contribution >= 4 is 0 Å². The molecule has 2 nitrogen and oxygen atoms in total. The Morgan fingerprint density at radius 2 is 2.31 bits per heavy atom. The Kier molecular flexibility index (Phi) is 2.19. The summed E-state index contributed by atoms with van der Waals surface area (Å²) in [7, 11) is 1.48. The van der Waals surface area contributed by atoms with Crippen LogP contribution in [0.4, 0.5) is 4.39 Å². The maximum Gasteiger partial charge on any atom is 0.169 e. The van der Waals surface area contributed by atoms with Gasteiger partial charge in [0.25, 0.3) is 0 Å². The first-order valence-corrected chi connectivity index (χ1v) is 4.38. The number of halogens is 1. The highest BCUT2D eigenvalue weighted by Gasteiger charge is 2.22. The number of hydrogen-bond acceptors (Lipinski definition) is 2. The van der Waals surface area contributed by atoms with Gasteiger partial charge in [0.2, 0.25) is 0 Å². The van der Waals surface area contributed by atoms with Gasteiger partial charge in [0.15, 0.2) is 11.6 Å². The highest BCUT2D eigenvalue weighted by molar-refractivity contribution is 5.33. The van der Waals surface area contributed by atoms with Gasteiger partial charge in [0, 0.05) is 11.6 Å². The van der Waals surface area contributed by atoms with Crippen LogP contribution in [0.5, 0.6) is 5.75 Å². The number of rotatable bonds is 2. The highest BCUT2D eigenvalue weighted by Crippen LogP contribution is 2.29. The van der Waals surface area contributed by atoms with Crippen LogP contribution >= 0.6 is 0 Å². The van der Waals surface area contributed by atoms with Crippen molar-refractivity contribution in [2.75, 3.05) is 13.7 Å². The summed E-state index contributed by atoms with van der Waals surface area (Å²) in [5, 5.41) is 3.16. The Balaban J connectivity index is 2.33. The number of hydrogen-bond donors (Lipinski definition) is 1. The molecule has 1 aromatic carbocycles. The Hall–Kier alpha value is -1.09. The fourth-order valence-corrected chi connectivity index (χ4v) is 1.51. The molecule has 1 N–H and O–H groups in total. The Bertz CT molecular complexity index is 310. The molecule has 3 heteroatoms. The van der Waals surface area contributed by atoms with Crippen molar-refractivity contribution in [3.05, 3.63) is 29.6 Å². The van der Waals surface area contributed by atoms with Crippen molar-refractivity contribution in [2.45, 2.75) is 12.5 Å². The summed E-state index contributed by atoms with van der Waals surface area (Å²) in [4.78, 5) is 0. The summed E-state index contributed by atoms with van der Waals surface area (Å²) in [5.74, 6) is 0.0911. The molecule has 1 aliphatic heterocycles. The number of methoxy groups -OCH3 is 1. The van der Waals surface area contributed by atoms with E-state index in [1.807, 2.05) is 6.07 Å². The molecule has 0 aliphatic carbocycles. The summed E-state index contributed by atoms with van der Waals surface area (Å²) in [6.07, 6.45) is 1.00. The topological polar surface area (TPSA) is 21.3 Å². The van der Waals surface area contributed by atoms with Gasteiger partial charge < -0.3 is 10.1 Å². The van der Waals surface area contributed by atoms with Gasteiger partial charge in [0.05, 0.1) is 7.11 Å². The predicted molar refractivity (Wildman–Crippen MR) is 48.3 cm³/mol. The summed E-state index contributed by atoms with van der Waals surface area (Å²) in [6.45, 7) is 0.974. The second-order valence-electron chi connectivity index (χ2n) is 3.16. The third-order valence-corrected chi connectivity index (χ3v) is 2.41. The van der Waals surface area contributed by atoms with Crippen LogP contribution in [0.3, 0.4) is 0 Å². The second-order valence-corrected chi connectivity index (χ2v) is 3.16. The van der Waals surface area contributed by atoms with Crippen molar-refractivity contribution in [3.63, 3.8) is 0 Å². The van der Waals surface area contributed by atoms with E-state index in [9.17, 15) is 4.39 Å². The molecule has 0 spiro atoms. The molecular formula is C10H12FNO. The van der Waals surface area contributed by atoms with Gasteiger partial charge in [-0.3, -0.25) is 0 Å². The first-order chi connectivity index (χ1) is 6.33. The van der Waals surface area contributed by atoms with Crippen molar-refractivity contribution in [3.8, 4) is 5.75 Å². The van der Waals surface area contributed by atoms with Crippen LogP contribution in [-0.2, 0) is 0 Å². The molecule has 1 atom stereocenters. The molecule has 1 aliphatic rings. The van der Waals surface area contributed by atoms with E-state index >= 15 is 0 Å². The zero-order chi connectivity index (χ0) is 9.26. The minimum Gasteiger partial charge on any atom is -0.494 e. The summed E-state index contributed by atoms with van der Waals surface area (Å²) < 4.78 is 18.5. The molecule has 1 unspecified atom stereocenters. The average Bonchev–Trinajstić information content (AvgIpc) is 2.05. The second kappa shape index (κ2) is 3.34. The normalized spacial score (nSPS) is 20.9. The fraction of sp³-hybridized carbons (Fsp3) is 0.400. The van der Waals surface area contributed by atoms with E-state index in [1.165, 1.54) is 7.11 Å². The maximum atomic E-state index is 13.6. The van der Waals surface area contributed by atoms with Crippen LogP contribution in [0, 0.1) is 5.82 Å². The Morgan fingerprint density at radius 1 is 1.54 bits per heavy atom. The minimum atomic E-state index is -0.234. The monoisotopic (exact) mass is 181 g/mol. The fourth-order valence-electron chi connectivity index (χ4n) is 1.51. The molecular weight excluding hydrogens is 169 g/mol. The third kappa shape index (κ3) is 1.40. The molecule has 1 fully saturated rings. The molecule has 1 aromatic rings. The molecule has 0 saturated carbocycles. The maximum absolute atomic E-state index is 13.6. The zero-order valence-electron chi connectivity index (χ0n) is 7.51. The molecule has 0 bridgehead atoms. The molecule has 13 heavy (non-hydrogen) atoms. The SMILES string of the molecule is COc1cccc(C2CCN2)c1F. The van der Waals surface area contributed by atoms with Gasteiger partial charge in [-0.15, -0.1) is 0 Å². The van der Waals surface area contributed by atoms with Crippen LogP contribution in [0.25, 0.3) is 0 Å². The van der Waals surface area contributed by atoms with E-state index in [0.717, 1.165) is 13.0 Å². The number of ether oxygens (including phenoxy) is 1. The van der Waals surface area contributed by atoms with Crippen LogP contribution < -0.4 is 10.1 Å². The smallest absolute Gasteiger partial charge is 0.169 e. The quantitative estimate of drug-likeness (QED) is 0.752. The standard InChI is InChI=1S/C10H12FNO/c1-13-9-4-2-3-7(10(9)11)8-5-6-12-8/h2-4,8,12H,5-6H2,1H3. The highest BCUT2D eigenvalue weighted by atomic mass is 19.1. The van der Waals surface area contributed by atoms with E-state index in [2.05, 4.69) is 5.32 Å². The molecule has 2 rings (SSSR count). The predicted octanol–water partition coefficient (Wildman–Crippen LogP) is 1.87. The Labute approximate surface area is 76.7 Å². The van der Waals surface area contributed by atoms with Gasteiger partial charge in [0.1, 0.15) is 0 Å². The van der Waals surface area contributed by atoms with Gasteiger partial charge in [-0.1, -0.05) is 12.1 Å². The minimum absolute atomic E-state index is 0.176. The lowest BCUT2D eigenvalue weighted by Gasteiger charge is -2.28. The molecule has 0 aromatic heterocycles. The number of benzene rings is 1. The van der Waals surface area contributed by atoms with Gasteiger partial charge in [-0.05, 0) is 19.0 Å². The number of nitrogens with one attached hydrogen (secondary N) is 1. The molecule has 1 heterocycles. The van der Waals surface area contributed by atoms with Crippen molar-refractivity contribution in [1.82, 2.24) is 5.32 Å². The lowest BCUT2D eigenvalue weighted by atomic mass is 9.97. The lowest BCUT2D eigenvalue weighted by Crippen LogP contribution is -2.35. The molecule has 0 amide bonds. The van der Waals surface area contributed by atoms with E-state index in [-0.39, 0.29) is 11.9 Å². The van der Waals surface area contributed by atoms with Gasteiger partial charge in [-0.25, -0.2) is 4.39 Å². The average molecular weight is 181 g/mol. The van der Waals surface area contributed by atoms with Crippen LogP contribution in [0.2, 0.25) is 0 Å². The zero-order valence-corrected chi connectivity index (χ0v) is 7.51. The Morgan fingerprint density at radius 3 is 2.85 bits per heavy atom. The van der Waals surface area contributed by atoms with Crippen LogP contribution in [0.1, 0.15) is 18.0 Å².